The SMILES string of the molecule is COP(=O)(OC)c1nc(-c2ccc(Br)cc2)oc1NCc1ccc2c(c1)OCO2. The zero-order chi connectivity index (χ0) is 20.4. The maximum absolute atomic E-state index is 13.0. The molecule has 4 rings (SSSR count). The second-order valence-corrected chi connectivity index (χ2v) is 9.15. The summed E-state index contributed by atoms with van der Waals surface area (Å²) >= 11 is 3.40. The van der Waals surface area contributed by atoms with Crippen molar-refractivity contribution in [2.24, 2.45) is 0 Å². The van der Waals surface area contributed by atoms with Gasteiger partial charge in [0.1, 0.15) is 0 Å². The number of oxazole rings is 1. The number of hydrogen-bond acceptors (Lipinski definition) is 8. The normalized spacial score (nSPS) is 12.9. The number of hydrogen-bond donors (Lipinski definition) is 1. The number of fused-ring (bicyclic) bond motifs is 1. The van der Waals surface area contributed by atoms with Gasteiger partial charge in [-0.25, -0.2) is 0 Å². The fourth-order valence-electron chi connectivity index (χ4n) is 2.81. The maximum Gasteiger partial charge on any atom is 0.384 e. The van der Waals surface area contributed by atoms with Crippen LogP contribution in [0.1, 0.15) is 5.56 Å². The van der Waals surface area contributed by atoms with Crippen LogP contribution in [0.4, 0.5) is 5.88 Å². The third kappa shape index (κ3) is 4.04. The van der Waals surface area contributed by atoms with Gasteiger partial charge in [0, 0.05) is 30.8 Å². The molecule has 1 aromatic heterocycles. The third-order valence-electron chi connectivity index (χ3n) is 4.33. The van der Waals surface area contributed by atoms with Crippen molar-refractivity contribution in [1.82, 2.24) is 4.98 Å². The summed E-state index contributed by atoms with van der Waals surface area (Å²) in [6.07, 6.45) is 0. The van der Waals surface area contributed by atoms with E-state index in [1.54, 1.807) is 0 Å². The predicted octanol–water partition coefficient (Wildman–Crippen LogP) is 4.56. The lowest BCUT2D eigenvalue weighted by Gasteiger charge is -2.12. The molecule has 1 aliphatic rings. The summed E-state index contributed by atoms with van der Waals surface area (Å²) in [5.74, 6) is 1.90. The molecule has 0 fully saturated rings. The number of rotatable bonds is 7. The van der Waals surface area contributed by atoms with Crippen molar-refractivity contribution >= 4 is 34.8 Å². The van der Waals surface area contributed by atoms with Gasteiger partial charge in [0.2, 0.25) is 24.0 Å². The van der Waals surface area contributed by atoms with Gasteiger partial charge < -0.3 is 28.3 Å². The topological polar surface area (TPSA) is 92.1 Å². The Kier molecular flexibility index (Phi) is 5.65. The van der Waals surface area contributed by atoms with Crippen LogP contribution in [0.3, 0.4) is 0 Å². The predicted molar refractivity (Wildman–Crippen MR) is 111 cm³/mol. The van der Waals surface area contributed by atoms with Crippen molar-refractivity contribution in [1.29, 1.82) is 0 Å². The standard InChI is InChI=1S/C19H18BrN2O6P/c1-24-29(23,25-2)19-18(28-17(22-19)13-4-6-14(20)7-5-13)21-10-12-3-8-15-16(9-12)27-11-26-15/h3-9,21H,10-11H2,1-2H3. The monoisotopic (exact) mass is 480 g/mol. The highest BCUT2D eigenvalue weighted by Crippen LogP contribution is 2.47. The Hall–Kier alpha value is -2.32. The van der Waals surface area contributed by atoms with Crippen molar-refractivity contribution < 1.29 is 27.5 Å². The van der Waals surface area contributed by atoms with Crippen LogP contribution in [0.15, 0.2) is 51.4 Å². The maximum atomic E-state index is 13.0. The summed E-state index contributed by atoms with van der Waals surface area (Å²) in [7, 11) is -1.03. The summed E-state index contributed by atoms with van der Waals surface area (Å²) in [5, 5.41) is 3.13. The molecule has 0 saturated heterocycles. The van der Waals surface area contributed by atoms with Gasteiger partial charge >= 0.3 is 7.60 Å². The van der Waals surface area contributed by atoms with E-state index in [9.17, 15) is 4.57 Å². The van der Waals surface area contributed by atoms with E-state index in [-0.39, 0.29) is 18.1 Å². The summed E-state index contributed by atoms with van der Waals surface area (Å²) < 4.78 is 40.8. The van der Waals surface area contributed by atoms with Crippen molar-refractivity contribution in [3.8, 4) is 23.0 Å². The average Bonchev–Trinajstić information content (AvgIpc) is 3.39. The molecular formula is C19H18BrN2O6P. The minimum absolute atomic E-state index is 0.0844. The fraction of sp³-hybridized carbons (Fsp3) is 0.211. The Labute approximate surface area is 175 Å². The summed E-state index contributed by atoms with van der Waals surface area (Å²) in [4.78, 5) is 4.39. The van der Waals surface area contributed by atoms with Crippen LogP contribution in [0.5, 0.6) is 11.5 Å². The second kappa shape index (κ2) is 8.20. The first-order chi connectivity index (χ1) is 14.0. The molecule has 152 valence electrons. The van der Waals surface area contributed by atoms with Gasteiger partial charge in [-0.1, -0.05) is 22.0 Å². The highest BCUT2D eigenvalue weighted by molar-refractivity contribution is 9.10. The van der Waals surface area contributed by atoms with Crippen molar-refractivity contribution in [2.75, 3.05) is 26.3 Å². The van der Waals surface area contributed by atoms with E-state index in [1.165, 1.54) is 14.2 Å². The van der Waals surface area contributed by atoms with Crippen molar-refractivity contribution in [3.63, 3.8) is 0 Å². The molecule has 1 N–H and O–H groups in total. The van der Waals surface area contributed by atoms with Crippen LogP contribution in [0.2, 0.25) is 0 Å². The summed E-state index contributed by atoms with van der Waals surface area (Å²) in [5.41, 5.74) is 1.73. The van der Waals surface area contributed by atoms with Crippen LogP contribution in [0, 0.1) is 0 Å². The zero-order valence-corrected chi connectivity index (χ0v) is 18.2. The first kappa shape index (κ1) is 20.0. The minimum Gasteiger partial charge on any atom is -0.454 e. The van der Waals surface area contributed by atoms with E-state index in [0.29, 0.717) is 23.9 Å². The Morgan fingerprint density at radius 2 is 1.83 bits per heavy atom. The van der Waals surface area contributed by atoms with E-state index in [2.05, 4.69) is 26.2 Å². The molecule has 0 spiro atoms. The zero-order valence-electron chi connectivity index (χ0n) is 15.7. The molecule has 2 aromatic carbocycles. The highest BCUT2D eigenvalue weighted by Gasteiger charge is 2.34. The van der Waals surface area contributed by atoms with E-state index in [1.807, 2.05) is 42.5 Å². The Morgan fingerprint density at radius 3 is 2.55 bits per heavy atom. The van der Waals surface area contributed by atoms with Crippen molar-refractivity contribution in [3.05, 3.63) is 52.5 Å². The molecule has 2 heterocycles. The summed E-state index contributed by atoms with van der Waals surface area (Å²) in [6, 6.07) is 13.0. The number of nitrogens with one attached hydrogen (secondary N) is 1. The Morgan fingerprint density at radius 1 is 1.10 bits per heavy atom. The van der Waals surface area contributed by atoms with Gasteiger partial charge in [-0.05, 0) is 42.0 Å². The molecule has 1 aliphatic heterocycles. The van der Waals surface area contributed by atoms with Gasteiger partial charge in [-0.3, -0.25) is 4.57 Å². The van der Waals surface area contributed by atoms with E-state index >= 15 is 0 Å². The molecule has 0 unspecified atom stereocenters. The molecule has 0 amide bonds. The van der Waals surface area contributed by atoms with Crippen LogP contribution < -0.4 is 20.2 Å². The Balaban J connectivity index is 1.65. The smallest absolute Gasteiger partial charge is 0.384 e. The first-order valence-electron chi connectivity index (χ1n) is 8.63. The quantitative estimate of drug-likeness (QED) is 0.492. The lowest BCUT2D eigenvalue weighted by molar-refractivity contribution is 0.174. The van der Waals surface area contributed by atoms with E-state index in [4.69, 9.17) is 22.9 Å². The number of benzene rings is 2. The second-order valence-electron chi connectivity index (χ2n) is 6.08. The van der Waals surface area contributed by atoms with Gasteiger partial charge in [-0.2, -0.15) is 4.98 Å². The van der Waals surface area contributed by atoms with E-state index in [0.717, 1.165) is 15.6 Å². The summed E-state index contributed by atoms with van der Waals surface area (Å²) in [6.45, 7) is 0.589. The number of anilines is 1. The molecule has 0 saturated carbocycles. The lowest BCUT2D eigenvalue weighted by Crippen LogP contribution is -2.14. The Bertz CT molecular complexity index is 1060. The van der Waals surface area contributed by atoms with Crippen LogP contribution in [0.25, 0.3) is 11.5 Å². The number of halogens is 1. The fourth-order valence-corrected chi connectivity index (χ4v) is 4.16. The molecule has 0 radical (unpaired) electrons. The van der Waals surface area contributed by atoms with Gasteiger partial charge in [0.15, 0.2) is 11.5 Å². The van der Waals surface area contributed by atoms with Crippen LogP contribution in [-0.4, -0.2) is 26.0 Å². The molecule has 10 heteroatoms. The lowest BCUT2D eigenvalue weighted by atomic mass is 10.2. The molecule has 0 aliphatic carbocycles. The minimum atomic E-state index is -3.64. The largest absolute Gasteiger partial charge is 0.454 e. The molecule has 3 aromatic rings. The highest BCUT2D eigenvalue weighted by atomic mass is 79.9. The van der Waals surface area contributed by atoms with Gasteiger partial charge in [-0.15, -0.1) is 0 Å². The van der Waals surface area contributed by atoms with Gasteiger partial charge in [0.05, 0.1) is 0 Å². The number of nitrogens with zero attached hydrogens (tertiary/aromatic N) is 1. The third-order valence-corrected chi connectivity index (χ3v) is 6.64. The molecule has 0 atom stereocenters. The number of ether oxygens (including phenoxy) is 2. The first-order valence-corrected chi connectivity index (χ1v) is 11.0. The van der Waals surface area contributed by atoms with E-state index < -0.39 is 7.60 Å². The van der Waals surface area contributed by atoms with Crippen LogP contribution >= 0.6 is 23.5 Å². The molecule has 0 bridgehead atoms. The average molecular weight is 481 g/mol. The number of aromatic nitrogens is 1. The molecule has 29 heavy (non-hydrogen) atoms. The van der Waals surface area contributed by atoms with Crippen LogP contribution in [-0.2, 0) is 20.2 Å². The molecular weight excluding hydrogens is 463 g/mol. The van der Waals surface area contributed by atoms with Crippen molar-refractivity contribution in [2.45, 2.75) is 6.54 Å². The van der Waals surface area contributed by atoms with Gasteiger partial charge in [0.25, 0.3) is 0 Å². The molecule has 8 nitrogen and oxygen atoms in total.